The molecule has 21 heavy (non-hydrogen) atoms. The molecule has 0 radical (unpaired) electrons. The Hall–Kier alpha value is -1.53. The van der Waals surface area contributed by atoms with Gasteiger partial charge in [-0.2, -0.15) is 4.98 Å². The number of nitrogens with one attached hydrogen (secondary N) is 1. The van der Waals surface area contributed by atoms with Gasteiger partial charge in [0.2, 0.25) is 5.88 Å². The molecule has 0 atom stereocenters. The summed E-state index contributed by atoms with van der Waals surface area (Å²) < 4.78 is 11.0. The minimum absolute atomic E-state index is 0.362. The largest absolute Gasteiger partial charge is 0.470 e. The number of rotatable bonds is 4. The van der Waals surface area contributed by atoms with Gasteiger partial charge >= 0.3 is 0 Å². The van der Waals surface area contributed by atoms with Gasteiger partial charge in [-0.15, -0.1) is 0 Å². The maximum absolute atomic E-state index is 10.4. The molecule has 0 saturated carbocycles. The van der Waals surface area contributed by atoms with Crippen LogP contribution in [0.1, 0.15) is 33.6 Å². The van der Waals surface area contributed by atoms with Gasteiger partial charge in [-0.1, -0.05) is 0 Å². The van der Waals surface area contributed by atoms with Crippen LogP contribution in [-0.4, -0.2) is 41.1 Å². The van der Waals surface area contributed by atoms with Crippen LogP contribution in [0.3, 0.4) is 0 Å². The molecular formula is C15H25N3O3. The van der Waals surface area contributed by atoms with Crippen molar-refractivity contribution >= 4 is 11.5 Å². The maximum atomic E-state index is 10.4. The SMILES string of the molecule is CC(C)(C)Oc1nc(NCC2(O)CCOCC2)ccc1N. The summed E-state index contributed by atoms with van der Waals surface area (Å²) in [4.78, 5) is 4.37. The molecule has 0 unspecified atom stereocenters. The molecule has 1 aromatic heterocycles. The lowest BCUT2D eigenvalue weighted by atomic mass is 9.94. The van der Waals surface area contributed by atoms with Gasteiger partial charge in [0.25, 0.3) is 0 Å². The molecule has 1 aliphatic rings. The van der Waals surface area contributed by atoms with Gasteiger partial charge in [-0.3, -0.25) is 0 Å². The topological polar surface area (TPSA) is 89.6 Å². The lowest BCUT2D eigenvalue weighted by molar-refractivity contribution is -0.0543. The van der Waals surface area contributed by atoms with Gasteiger partial charge in [-0.25, -0.2) is 0 Å². The highest BCUT2D eigenvalue weighted by molar-refractivity contribution is 5.53. The monoisotopic (exact) mass is 295 g/mol. The van der Waals surface area contributed by atoms with Crippen molar-refractivity contribution < 1.29 is 14.6 Å². The summed E-state index contributed by atoms with van der Waals surface area (Å²) >= 11 is 0. The molecule has 2 heterocycles. The van der Waals surface area contributed by atoms with Crippen LogP contribution in [0, 0.1) is 0 Å². The van der Waals surface area contributed by atoms with Gasteiger partial charge in [-0.05, 0) is 32.9 Å². The first-order valence-electron chi connectivity index (χ1n) is 7.27. The van der Waals surface area contributed by atoms with E-state index in [0.29, 0.717) is 50.0 Å². The summed E-state index contributed by atoms with van der Waals surface area (Å²) in [5.74, 6) is 1.05. The first-order valence-corrected chi connectivity index (χ1v) is 7.27. The number of nitrogens with two attached hydrogens (primary N) is 1. The first-order chi connectivity index (χ1) is 9.77. The summed E-state index contributed by atoms with van der Waals surface area (Å²) in [7, 11) is 0. The molecule has 118 valence electrons. The molecular weight excluding hydrogens is 270 g/mol. The Morgan fingerprint density at radius 2 is 2.05 bits per heavy atom. The lowest BCUT2D eigenvalue weighted by Gasteiger charge is -2.32. The molecule has 2 rings (SSSR count). The minimum Gasteiger partial charge on any atom is -0.470 e. The zero-order valence-corrected chi connectivity index (χ0v) is 13.0. The molecule has 1 aromatic rings. The summed E-state index contributed by atoms with van der Waals surface area (Å²) in [6.07, 6.45) is 1.25. The van der Waals surface area contributed by atoms with Crippen LogP contribution < -0.4 is 15.8 Å². The number of aliphatic hydroxyl groups is 1. The first kappa shape index (κ1) is 15.9. The van der Waals surface area contributed by atoms with E-state index in [1.807, 2.05) is 20.8 Å². The van der Waals surface area contributed by atoms with E-state index in [1.54, 1.807) is 12.1 Å². The van der Waals surface area contributed by atoms with E-state index in [2.05, 4.69) is 10.3 Å². The highest BCUT2D eigenvalue weighted by atomic mass is 16.5. The third-order valence-electron chi connectivity index (χ3n) is 3.31. The number of hydrogen-bond acceptors (Lipinski definition) is 6. The fourth-order valence-corrected chi connectivity index (χ4v) is 2.10. The van der Waals surface area contributed by atoms with E-state index < -0.39 is 5.60 Å². The predicted octanol–water partition coefficient (Wildman–Crippen LogP) is 1.79. The zero-order valence-electron chi connectivity index (χ0n) is 13.0. The van der Waals surface area contributed by atoms with Crippen molar-refractivity contribution in [1.82, 2.24) is 4.98 Å². The second-order valence-corrected chi connectivity index (χ2v) is 6.50. The van der Waals surface area contributed by atoms with Gasteiger partial charge in [0, 0.05) is 32.6 Å². The molecule has 0 amide bonds. The van der Waals surface area contributed by atoms with Crippen LogP contribution in [0.15, 0.2) is 12.1 Å². The number of hydrogen-bond donors (Lipinski definition) is 3. The fraction of sp³-hybridized carbons (Fsp3) is 0.667. The van der Waals surface area contributed by atoms with Crippen LogP contribution in [0.25, 0.3) is 0 Å². The van der Waals surface area contributed by atoms with Crippen molar-refractivity contribution in [2.24, 2.45) is 0 Å². The van der Waals surface area contributed by atoms with Crippen LogP contribution >= 0.6 is 0 Å². The second kappa shape index (κ2) is 6.07. The molecule has 4 N–H and O–H groups in total. The number of pyridine rings is 1. The second-order valence-electron chi connectivity index (χ2n) is 6.50. The van der Waals surface area contributed by atoms with E-state index in [4.69, 9.17) is 15.2 Å². The van der Waals surface area contributed by atoms with Crippen molar-refractivity contribution in [1.29, 1.82) is 0 Å². The predicted molar refractivity (Wildman–Crippen MR) is 82.5 cm³/mol. The number of aromatic nitrogens is 1. The molecule has 6 heteroatoms. The van der Waals surface area contributed by atoms with E-state index in [9.17, 15) is 5.11 Å². The Balaban J connectivity index is 2.02. The number of ether oxygens (including phenoxy) is 2. The molecule has 0 spiro atoms. The quantitative estimate of drug-likeness (QED) is 0.784. The molecule has 0 bridgehead atoms. The molecule has 1 aliphatic heterocycles. The minimum atomic E-state index is -0.744. The summed E-state index contributed by atoms with van der Waals surface area (Å²) in [6.45, 7) is 7.44. The lowest BCUT2D eigenvalue weighted by Crippen LogP contribution is -2.42. The number of nitrogens with zero attached hydrogens (tertiary/aromatic N) is 1. The fourth-order valence-electron chi connectivity index (χ4n) is 2.10. The van der Waals surface area contributed by atoms with Crippen molar-refractivity contribution in [2.45, 2.75) is 44.8 Å². The Morgan fingerprint density at radius 1 is 1.38 bits per heavy atom. The maximum Gasteiger partial charge on any atom is 0.239 e. The Labute approximate surface area is 125 Å². The molecule has 0 aromatic carbocycles. The van der Waals surface area contributed by atoms with E-state index in [-0.39, 0.29) is 5.60 Å². The van der Waals surface area contributed by atoms with E-state index in [1.165, 1.54) is 0 Å². The molecule has 1 fully saturated rings. The van der Waals surface area contributed by atoms with Crippen molar-refractivity contribution in [3.05, 3.63) is 12.1 Å². The molecule has 1 saturated heterocycles. The van der Waals surface area contributed by atoms with Crippen molar-refractivity contribution in [2.75, 3.05) is 30.8 Å². The van der Waals surface area contributed by atoms with Crippen LogP contribution in [-0.2, 0) is 4.74 Å². The molecule has 0 aliphatic carbocycles. The van der Waals surface area contributed by atoms with Gasteiger partial charge in [0.05, 0.1) is 11.3 Å². The Morgan fingerprint density at radius 3 is 2.67 bits per heavy atom. The Kier molecular flexibility index (Phi) is 4.58. The van der Waals surface area contributed by atoms with Gasteiger partial charge in [0.15, 0.2) is 0 Å². The normalized spacial score (nSPS) is 18.3. The van der Waals surface area contributed by atoms with Gasteiger partial charge in [0.1, 0.15) is 11.4 Å². The van der Waals surface area contributed by atoms with Crippen molar-refractivity contribution in [3.8, 4) is 5.88 Å². The summed E-state index contributed by atoms with van der Waals surface area (Å²) in [5, 5.41) is 13.6. The van der Waals surface area contributed by atoms with E-state index >= 15 is 0 Å². The third kappa shape index (κ3) is 4.75. The van der Waals surface area contributed by atoms with Gasteiger partial charge < -0.3 is 25.6 Å². The average Bonchev–Trinajstić information content (AvgIpc) is 2.39. The third-order valence-corrected chi connectivity index (χ3v) is 3.31. The van der Waals surface area contributed by atoms with E-state index in [0.717, 1.165) is 0 Å². The van der Waals surface area contributed by atoms with Crippen molar-refractivity contribution in [3.63, 3.8) is 0 Å². The van der Waals surface area contributed by atoms with Crippen LogP contribution in [0.2, 0.25) is 0 Å². The highest BCUT2D eigenvalue weighted by Gasteiger charge is 2.29. The highest BCUT2D eigenvalue weighted by Crippen LogP contribution is 2.26. The summed E-state index contributed by atoms with van der Waals surface area (Å²) in [6, 6.07) is 3.54. The average molecular weight is 295 g/mol. The smallest absolute Gasteiger partial charge is 0.239 e. The summed E-state index contributed by atoms with van der Waals surface area (Å²) in [5.41, 5.74) is 5.27. The van der Waals surface area contributed by atoms with Crippen LogP contribution in [0.4, 0.5) is 11.5 Å². The molecule has 6 nitrogen and oxygen atoms in total. The number of nitrogen functional groups attached to an aromatic ring is 1. The van der Waals surface area contributed by atoms with Crippen LogP contribution in [0.5, 0.6) is 5.88 Å². The standard InChI is InChI=1S/C15H25N3O3/c1-14(2,3)21-13-11(16)4-5-12(18-13)17-10-15(19)6-8-20-9-7-15/h4-5,19H,6-10,16H2,1-3H3,(H,17,18). The Bertz CT molecular complexity index is 480. The zero-order chi connectivity index (χ0) is 15.5. The number of anilines is 2.